The van der Waals surface area contributed by atoms with E-state index in [0.29, 0.717) is 17.1 Å². The number of halogens is 2. The first-order chi connectivity index (χ1) is 8.52. The van der Waals surface area contributed by atoms with Gasteiger partial charge >= 0.3 is 0 Å². The van der Waals surface area contributed by atoms with Crippen LogP contribution in [0.4, 0.5) is 4.39 Å². The third-order valence-corrected chi connectivity index (χ3v) is 3.87. The summed E-state index contributed by atoms with van der Waals surface area (Å²) in [5.41, 5.74) is 0.453. The molecule has 0 N–H and O–H groups in total. The zero-order chi connectivity index (χ0) is 13.2. The largest absolute Gasteiger partial charge is 0.299 e. The fraction of sp³-hybridized carbons (Fsp3) is 0.500. The van der Waals surface area contributed by atoms with Gasteiger partial charge in [0.05, 0.1) is 11.5 Å². The molecule has 0 bridgehead atoms. The Morgan fingerprint density at radius 1 is 1.44 bits per heavy atom. The minimum atomic E-state index is -0.254. The van der Waals surface area contributed by atoms with Crippen molar-refractivity contribution < 1.29 is 4.39 Å². The summed E-state index contributed by atoms with van der Waals surface area (Å²) in [4.78, 5) is 2.19. The molecule has 0 spiro atoms. The fourth-order valence-electron chi connectivity index (χ4n) is 2.21. The number of hydrogen-bond acceptors (Lipinski definition) is 2. The number of rotatable bonds is 2. The Balaban J connectivity index is 1.98. The highest BCUT2D eigenvalue weighted by molar-refractivity contribution is 6.30. The number of nitrogens with zero attached hydrogens (tertiary/aromatic N) is 2. The highest BCUT2D eigenvalue weighted by atomic mass is 35.5. The van der Waals surface area contributed by atoms with E-state index in [1.807, 2.05) is 6.92 Å². The Labute approximate surface area is 112 Å². The molecule has 1 aromatic carbocycles. The smallest absolute Gasteiger partial charge is 0.129 e. The topological polar surface area (TPSA) is 27.0 Å². The lowest BCUT2D eigenvalue weighted by Crippen LogP contribution is -2.37. The second-order valence-electron chi connectivity index (χ2n) is 5.18. The molecule has 96 valence electrons. The summed E-state index contributed by atoms with van der Waals surface area (Å²) in [6, 6.07) is 7.16. The number of piperidine rings is 1. The molecule has 18 heavy (non-hydrogen) atoms. The van der Waals surface area contributed by atoms with Crippen LogP contribution in [0.1, 0.15) is 25.3 Å². The van der Waals surface area contributed by atoms with E-state index in [4.69, 9.17) is 16.9 Å². The Bertz CT molecular complexity index is 473. The van der Waals surface area contributed by atoms with E-state index in [2.05, 4.69) is 11.0 Å². The second-order valence-corrected chi connectivity index (χ2v) is 5.62. The highest BCUT2D eigenvalue weighted by Gasteiger charge is 2.29. The van der Waals surface area contributed by atoms with Crippen LogP contribution < -0.4 is 0 Å². The quantitative estimate of drug-likeness (QED) is 0.818. The zero-order valence-corrected chi connectivity index (χ0v) is 11.2. The lowest BCUT2D eigenvalue weighted by Gasteiger charge is -2.34. The van der Waals surface area contributed by atoms with Crippen LogP contribution in [0.2, 0.25) is 5.02 Å². The van der Waals surface area contributed by atoms with E-state index in [-0.39, 0.29) is 11.2 Å². The molecule has 0 saturated carbocycles. The van der Waals surface area contributed by atoms with Gasteiger partial charge in [0, 0.05) is 17.1 Å². The maximum atomic E-state index is 13.7. The number of benzene rings is 1. The van der Waals surface area contributed by atoms with E-state index in [1.54, 1.807) is 12.1 Å². The Morgan fingerprint density at radius 3 is 2.67 bits per heavy atom. The van der Waals surface area contributed by atoms with E-state index < -0.39 is 0 Å². The zero-order valence-electron chi connectivity index (χ0n) is 10.4. The van der Waals surface area contributed by atoms with Crippen molar-refractivity contribution in [2.75, 3.05) is 13.1 Å². The van der Waals surface area contributed by atoms with Gasteiger partial charge in [0.1, 0.15) is 5.82 Å². The molecule has 1 aliphatic heterocycles. The molecule has 2 nitrogen and oxygen atoms in total. The van der Waals surface area contributed by atoms with Crippen LogP contribution in [0.3, 0.4) is 0 Å². The molecule has 0 unspecified atom stereocenters. The summed E-state index contributed by atoms with van der Waals surface area (Å²) in [6.07, 6.45) is 1.69. The standard InChI is InChI=1S/C14H16ClFN2/c1-14(10-17)4-6-18(7-5-14)9-11-2-3-12(15)8-13(11)16/h2-3,8H,4-7,9H2,1H3. The second kappa shape index (κ2) is 5.26. The van der Waals surface area contributed by atoms with Crippen molar-refractivity contribution in [2.45, 2.75) is 26.3 Å². The van der Waals surface area contributed by atoms with Gasteiger partial charge in [0.25, 0.3) is 0 Å². The van der Waals surface area contributed by atoms with Gasteiger partial charge in [-0.1, -0.05) is 17.7 Å². The molecule has 0 aromatic heterocycles. The molecule has 0 aliphatic carbocycles. The molecule has 1 heterocycles. The van der Waals surface area contributed by atoms with E-state index >= 15 is 0 Å². The SMILES string of the molecule is CC1(C#N)CCN(Cc2ccc(Cl)cc2F)CC1. The summed E-state index contributed by atoms with van der Waals surface area (Å²) in [7, 11) is 0. The van der Waals surface area contributed by atoms with Crippen molar-refractivity contribution in [3.05, 3.63) is 34.6 Å². The maximum absolute atomic E-state index is 13.7. The van der Waals surface area contributed by atoms with Gasteiger partial charge in [-0.2, -0.15) is 5.26 Å². The molecule has 2 rings (SSSR count). The van der Waals surface area contributed by atoms with Crippen LogP contribution in [-0.2, 0) is 6.54 Å². The lowest BCUT2D eigenvalue weighted by atomic mass is 9.82. The lowest BCUT2D eigenvalue weighted by molar-refractivity contribution is 0.149. The first-order valence-corrected chi connectivity index (χ1v) is 6.48. The normalized spacial score (nSPS) is 19.4. The van der Waals surface area contributed by atoms with Crippen LogP contribution in [0.25, 0.3) is 0 Å². The maximum Gasteiger partial charge on any atom is 0.129 e. The summed E-state index contributed by atoms with van der Waals surface area (Å²) in [5, 5.41) is 9.48. The van der Waals surface area contributed by atoms with Crippen molar-refractivity contribution in [1.29, 1.82) is 5.26 Å². The highest BCUT2D eigenvalue weighted by Crippen LogP contribution is 2.30. The van der Waals surface area contributed by atoms with Crippen LogP contribution in [-0.4, -0.2) is 18.0 Å². The van der Waals surface area contributed by atoms with Crippen molar-refractivity contribution in [2.24, 2.45) is 5.41 Å². The molecule has 0 radical (unpaired) electrons. The van der Waals surface area contributed by atoms with Crippen molar-refractivity contribution in [1.82, 2.24) is 4.90 Å². The monoisotopic (exact) mass is 266 g/mol. The molecule has 0 amide bonds. The Morgan fingerprint density at radius 2 is 2.11 bits per heavy atom. The Kier molecular flexibility index (Phi) is 3.89. The third-order valence-electron chi connectivity index (χ3n) is 3.64. The van der Waals surface area contributed by atoms with Crippen LogP contribution in [0, 0.1) is 22.6 Å². The van der Waals surface area contributed by atoms with E-state index in [0.717, 1.165) is 25.9 Å². The molecule has 1 saturated heterocycles. The predicted octanol–water partition coefficient (Wildman–Crippen LogP) is 3.60. The van der Waals surface area contributed by atoms with Gasteiger partial charge in [-0.05, 0) is 45.0 Å². The minimum absolute atomic E-state index is 0.213. The minimum Gasteiger partial charge on any atom is -0.299 e. The van der Waals surface area contributed by atoms with Crippen LogP contribution in [0.15, 0.2) is 18.2 Å². The first-order valence-electron chi connectivity index (χ1n) is 6.10. The third kappa shape index (κ3) is 3.01. The van der Waals surface area contributed by atoms with Gasteiger partial charge in [0.2, 0.25) is 0 Å². The fourth-order valence-corrected chi connectivity index (χ4v) is 2.37. The molecule has 1 fully saturated rings. The Hall–Kier alpha value is -1.11. The molecule has 1 aliphatic rings. The van der Waals surface area contributed by atoms with Crippen molar-refractivity contribution in [3.63, 3.8) is 0 Å². The van der Waals surface area contributed by atoms with Crippen LogP contribution in [0.5, 0.6) is 0 Å². The molecular weight excluding hydrogens is 251 g/mol. The number of nitriles is 1. The van der Waals surface area contributed by atoms with E-state index in [1.165, 1.54) is 6.07 Å². The molecular formula is C14H16ClFN2. The van der Waals surface area contributed by atoms with Crippen LogP contribution >= 0.6 is 11.6 Å². The van der Waals surface area contributed by atoms with Gasteiger partial charge in [0.15, 0.2) is 0 Å². The van der Waals surface area contributed by atoms with Crippen molar-refractivity contribution in [3.8, 4) is 6.07 Å². The summed E-state index contributed by atoms with van der Waals surface area (Å²) < 4.78 is 13.7. The summed E-state index contributed by atoms with van der Waals surface area (Å²) >= 11 is 5.73. The summed E-state index contributed by atoms with van der Waals surface area (Å²) in [6.45, 7) is 4.26. The molecule has 4 heteroatoms. The average Bonchev–Trinajstić information content (AvgIpc) is 2.36. The number of hydrogen-bond donors (Lipinski definition) is 0. The first kappa shape index (κ1) is 13.3. The molecule has 0 atom stereocenters. The van der Waals surface area contributed by atoms with Crippen molar-refractivity contribution >= 4 is 11.6 Å². The molecule has 1 aromatic rings. The van der Waals surface area contributed by atoms with Gasteiger partial charge in [-0.25, -0.2) is 4.39 Å². The van der Waals surface area contributed by atoms with Gasteiger partial charge in [-0.3, -0.25) is 4.90 Å². The summed E-state index contributed by atoms with van der Waals surface area (Å²) in [5.74, 6) is -0.254. The average molecular weight is 267 g/mol. The van der Waals surface area contributed by atoms with Gasteiger partial charge in [-0.15, -0.1) is 0 Å². The predicted molar refractivity (Wildman–Crippen MR) is 69.6 cm³/mol. The van der Waals surface area contributed by atoms with E-state index in [9.17, 15) is 4.39 Å². The van der Waals surface area contributed by atoms with Gasteiger partial charge < -0.3 is 0 Å². The number of likely N-dealkylation sites (tertiary alicyclic amines) is 1.